The van der Waals surface area contributed by atoms with Crippen LogP contribution in [0, 0.1) is 12.8 Å². The maximum absolute atomic E-state index is 9.95. The molecule has 0 aliphatic rings. The Labute approximate surface area is 169 Å². The Bertz CT molecular complexity index is 509. The van der Waals surface area contributed by atoms with Crippen LogP contribution < -0.4 is 15.8 Å². The molecule has 0 radical (unpaired) electrons. The molecule has 1 rings (SSSR count). The number of aliphatic imine (C=N–C) groups is 1. The second kappa shape index (κ2) is 13.2. The van der Waals surface area contributed by atoms with Crippen molar-refractivity contribution >= 4 is 29.9 Å². The number of nitrogens with one attached hydrogen (secondary N) is 1. The van der Waals surface area contributed by atoms with Crippen LogP contribution in [-0.4, -0.2) is 36.4 Å². The molecule has 1 aromatic rings. The average Bonchev–Trinajstić information content (AvgIpc) is 2.50. The number of nitrogens with zero attached hydrogens (tertiary/aromatic N) is 1. The van der Waals surface area contributed by atoms with Crippen LogP contribution in [-0.2, 0) is 0 Å². The Kier molecular flexibility index (Phi) is 12.7. The van der Waals surface area contributed by atoms with E-state index in [9.17, 15) is 5.11 Å². The van der Waals surface area contributed by atoms with Crippen LogP contribution in [0.3, 0.4) is 0 Å². The Morgan fingerprint density at radius 3 is 2.64 bits per heavy atom. The zero-order chi connectivity index (χ0) is 17.9. The third-order valence-electron chi connectivity index (χ3n) is 3.72. The largest absolute Gasteiger partial charge is 0.491 e. The lowest BCUT2D eigenvalue weighted by atomic mass is 10.0. The third kappa shape index (κ3) is 12.0. The highest BCUT2D eigenvalue weighted by molar-refractivity contribution is 14.0. The van der Waals surface area contributed by atoms with Gasteiger partial charge in [0.2, 0.25) is 0 Å². The van der Waals surface area contributed by atoms with E-state index in [0.717, 1.165) is 23.7 Å². The normalized spacial score (nSPS) is 13.9. The van der Waals surface area contributed by atoms with E-state index in [0.29, 0.717) is 5.96 Å². The molecule has 0 bridgehead atoms. The third-order valence-corrected chi connectivity index (χ3v) is 3.72. The summed E-state index contributed by atoms with van der Waals surface area (Å²) >= 11 is 0. The monoisotopic (exact) mass is 463 g/mol. The van der Waals surface area contributed by atoms with Gasteiger partial charge in [-0.25, -0.2) is 0 Å². The SMILES string of the molecule is Cc1cccc(OCC(O)CN=C(N)NC(C)CCCC(C)C)c1.I. The number of aliphatic hydroxyl groups excluding tert-OH is 1. The number of aliphatic hydroxyl groups is 1. The number of rotatable bonds is 10. The number of guanidine groups is 1. The molecule has 6 heteroatoms. The average molecular weight is 463 g/mol. The number of hydrogen-bond donors (Lipinski definition) is 3. The summed E-state index contributed by atoms with van der Waals surface area (Å²) in [6.07, 6.45) is 2.78. The van der Waals surface area contributed by atoms with E-state index < -0.39 is 6.10 Å². The zero-order valence-electron chi connectivity index (χ0n) is 15.9. The van der Waals surface area contributed by atoms with E-state index in [4.69, 9.17) is 10.5 Å². The first-order chi connectivity index (χ1) is 11.4. The van der Waals surface area contributed by atoms with Gasteiger partial charge >= 0.3 is 0 Å². The summed E-state index contributed by atoms with van der Waals surface area (Å²) in [6, 6.07) is 8.02. The van der Waals surface area contributed by atoms with Gasteiger partial charge in [-0.05, 0) is 43.9 Å². The first-order valence-corrected chi connectivity index (χ1v) is 8.80. The first-order valence-electron chi connectivity index (χ1n) is 8.80. The summed E-state index contributed by atoms with van der Waals surface area (Å²) in [5.41, 5.74) is 6.99. The van der Waals surface area contributed by atoms with E-state index in [-0.39, 0.29) is 43.2 Å². The lowest BCUT2D eigenvalue weighted by Crippen LogP contribution is -2.39. The fraction of sp³-hybridized carbons (Fsp3) is 0.632. The number of ether oxygens (including phenoxy) is 1. The smallest absolute Gasteiger partial charge is 0.188 e. The molecule has 0 aromatic heterocycles. The van der Waals surface area contributed by atoms with Gasteiger partial charge in [0.1, 0.15) is 18.5 Å². The highest BCUT2D eigenvalue weighted by atomic mass is 127. The highest BCUT2D eigenvalue weighted by Crippen LogP contribution is 2.12. The van der Waals surface area contributed by atoms with Gasteiger partial charge in [-0.1, -0.05) is 38.8 Å². The van der Waals surface area contributed by atoms with Gasteiger partial charge in [0.15, 0.2) is 5.96 Å². The van der Waals surface area contributed by atoms with Gasteiger partial charge in [-0.2, -0.15) is 0 Å². The number of halogens is 1. The standard InChI is InChI=1S/C19H33N3O2.HI/c1-14(2)7-5-9-16(4)22-19(20)21-12-17(23)13-24-18-10-6-8-15(3)11-18;/h6,8,10-11,14,16-17,23H,5,7,9,12-13H2,1-4H3,(H3,20,21,22);1H. The van der Waals surface area contributed by atoms with Crippen LogP contribution in [0.4, 0.5) is 0 Å². The van der Waals surface area contributed by atoms with Gasteiger partial charge in [-0.3, -0.25) is 4.99 Å². The number of benzene rings is 1. The van der Waals surface area contributed by atoms with Crippen molar-refractivity contribution < 1.29 is 9.84 Å². The molecule has 2 atom stereocenters. The number of aryl methyl sites for hydroxylation is 1. The summed E-state index contributed by atoms with van der Waals surface area (Å²) in [6.45, 7) is 8.98. The molecule has 0 spiro atoms. The summed E-state index contributed by atoms with van der Waals surface area (Å²) in [4.78, 5) is 4.19. The molecule has 0 heterocycles. The predicted octanol–water partition coefficient (Wildman–Crippen LogP) is 3.47. The number of nitrogens with two attached hydrogens (primary N) is 1. The van der Waals surface area contributed by atoms with Crippen molar-refractivity contribution in [1.29, 1.82) is 0 Å². The van der Waals surface area contributed by atoms with Gasteiger partial charge < -0.3 is 20.9 Å². The molecule has 5 nitrogen and oxygen atoms in total. The fourth-order valence-corrected chi connectivity index (χ4v) is 2.36. The lowest BCUT2D eigenvalue weighted by Gasteiger charge is -2.16. The minimum absolute atomic E-state index is 0. The quantitative estimate of drug-likeness (QED) is 0.282. The molecule has 0 saturated heterocycles. The van der Waals surface area contributed by atoms with E-state index >= 15 is 0 Å². The molecule has 4 N–H and O–H groups in total. The molecular weight excluding hydrogens is 429 g/mol. The van der Waals surface area contributed by atoms with Crippen LogP contribution in [0.25, 0.3) is 0 Å². The molecular formula is C19H34IN3O2. The van der Waals surface area contributed by atoms with Gasteiger partial charge in [0.25, 0.3) is 0 Å². The molecule has 0 amide bonds. The summed E-state index contributed by atoms with van der Waals surface area (Å²) in [5.74, 6) is 1.86. The summed E-state index contributed by atoms with van der Waals surface area (Å²) in [7, 11) is 0. The zero-order valence-corrected chi connectivity index (χ0v) is 18.2. The molecule has 0 aliphatic heterocycles. The van der Waals surface area contributed by atoms with E-state index in [1.54, 1.807) is 0 Å². The maximum atomic E-state index is 9.95. The second-order valence-corrected chi connectivity index (χ2v) is 6.88. The van der Waals surface area contributed by atoms with Crippen molar-refractivity contribution in [1.82, 2.24) is 5.32 Å². The van der Waals surface area contributed by atoms with Crippen LogP contribution in [0.5, 0.6) is 5.75 Å². The fourth-order valence-electron chi connectivity index (χ4n) is 2.36. The van der Waals surface area contributed by atoms with Crippen molar-refractivity contribution in [3.05, 3.63) is 29.8 Å². The van der Waals surface area contributed by atoms with Gasteiger partial charge in [0, 0.05) is 6.04 Å². The van der Waals surface area contributed by atoms with E-state index in [1.807, 2.05) is 31.2 Å². The van der Waals surface area contributed by atoms with Crippen molar-refractivity contribution in [3.8, 4) is 5.75 Å². The van der Waals surface area contributed by atoms with Gasteiger partial charge in [0.05, 0.1) is 6.54 Å². The molecule has 0 fully saturated rings. The molecule has 1 aromatic carbocycles. The maximum Gasteiger partial charge on any atom is 0.188 e. The molecule has 0 aliphatic carbocycles. The van der Waals surface area contributed by atoms with Crippen LogP contribution in [0.2, 0.25) is 0 Å². The Morgan fingerprint density at radius 2 is 2.00 bits per heavy atom. The minimum atomic E-state index is -0.679. The topological polar surface area (TPSA) is 79.9 Å². The van der Waals surface area contributed by atoms with Crippen molar-refractivity contribution in [2.75, 3.05) is 13.2 Å². The number of hydrogen-bond acceptors (Lipinski definition) is 3. The molecule has 0 saturated carbocycles. The molecule has 144 valence electrons. The summed E-state index contributed by atoms with van der Waals surface area (Å²) in [5, 5.41) is 13.1. The predicted molar refractivity (Wildman–Crippen MR) is 116 cm³/mol. The van der Waals surface area contributed by atoms with Crippen LogP contribution in [0.15, 0.2) is 29.3 Å². The first kappa shape index (κ1) is 24.0. The Balaban J connectivity index is 0.00000576. The van der Waals surface area contributed by atoms with Crippen LogP contribution in [0.1, 0.15) is 45.6 Å². The van der Waals surface area contributed by atoms with Crippen molar-refractivity contribution in [3.63, 3.8) is 0 Å². The van der Waals surface area contributed by atoms with Crippen molar-refractivity contribution in [2.45, 2.75) is 59.1 Å². The Hall–Kier alpha value is -1.02. The van der Waals surface area contributed by atoms with E-state index in [1.165, 1.54) is 12.8 Å². The lowest BCUT2D eigenvalue weighted by molar-refractivity contribution is 0.114. The highest BCUT2D eigenvalue weighted by Gasteiger charge is 2.07. The van der Waals surface area contributed by atoms with Crippen LogP contribution >= 0.6 is 24.0 Å². The molecule has 25 heavy (non-hydrogen) atoms. The second-order valence-electron chi connectivity index (χ2n) is 6.88. The molecule has 2 unspecified atom stereocenters. The minimum Gasteiger partial charge on any atom is -0.491 e. The summed E-state index contributed by atoms with van der Waals surface area (Å²) < 4.78 is 5.56. The van der Waals surface area contributed by atoms with Gasteiger partial charge in [-0.15, -0.1) is 24.0 Å². The Morgan fingerprint density at radius 1 is 1.28 bits per heavy atom. The van der Waals surface area contributed by atoms with E-state index in [2.05, 4.69) is 31.1 Å². The van der Waals surface area contributed by atoms with Crippen molar-refractivity contribution in [2.24, 2.45) is 16.6 Å².